The predicted octanol–water partition coefficient (Wildman–Crippen LogP) is 2.55. The van der Waals surface area contributed by atoms with Gasteiger partial charge in [0.15, 0.2) is 0 Å². The molecule has 0 heterocycles. The first-order chi connectivity index (χ1) is 8.20. The Hall–Kier alpha value is -1.29. The number of benzene rings is 1. The van der Waals surface area contributed by atoms with Crippen LogP contribution in [0.5, 0.6) is 5.75 Å². The first-order valence-corrected chi connectivity index (χ1v) is 5.99. The van der Waals surface area contributed by atoms with Crippen LogP contribution >= 0.6 is 0 Å². The maximum absolute atomic E-state index is 13.6. The minimum atomic E-state index is -0.394. The smallest absolute Gasteiger partial charge is 0.146 e. The van der Waals surface area contributed by atoms with E-state index in [0.29, 0.717) is 11.4 Å². The summed E-state index contributed by atoms with van der Waals surface area (Å²) in [6, 6.07) is 4.51. The van der Waals surface area contributed by atoms with E-state index in [1.807, 2.05) is 0 Å². The van der Waals surface area contributed by atoms with E-state index in [4.69, 9.17) is 4.74 Å². The molecule has 17 heavy (non-hydrogen) atoms. The number of hydrogen-bond donors (Lipinski definition) is 2. The van der Waals surface area contributed by atoms with Crippen LogP contribution in [0.1, 0.15) is 25.7 Å². The molecule has 2 atom stereocenters. The van der Waals surface area contributed by atoms with Crippen molar-refractivity contribution < 1.29 is 14.2 Å². The second-order valence-electron chi connectivity index (χ2n) is 4.45. The zero-order valence-electron chi connectivity index (χ0n) is 9.95. The fourth-order valence-corrected chi connectivity index (χ4v) is 2.22. The van der Waals surface area contributed by atoms with E-state index in [1.54, 1.807) is 19.2 Å². The highest BCUT2D eigenvalue weighted by atomic mass is 19.1. The number of anilines is 1. The van der Waals surface area contributed by atoms with Crippen LogP contribution in [-0.4, -0.2) is 24.4 Å². The van der Waals surface area contributed by atoms with Gasteiger partial charge in [-0.2, -0.15) is 0 Å². The number of aliphatic hydroxyl groups is 1. The van der Waals surface area contributed by atoms with Crippen LogP contribution in [0.2, 0.25) is 0 Å². The molecule has 0 unspecified atom stereocenters. The summed E-state index contributed by atoms with van der Waals surface area (Å²) in [5.74, 6) is 0.294. The van der Waals surface area contributed by atoms with Gasteiger partial charge in [0.05, 0.1) is 24.9 Å². The van der Waals surface area contributed by atoms with Crippen molar-refractivity contribution in [1.82, 2.24) is 0 Å². The number of halogens is 1. The van der Waals surface area contributed by atoms with E-state index >= 15 is 0 Å². The van der Waals surface area contributed by atoms with Gasteiger partial charge < -0.3 is 15.2 Å². The van der Waals surface area contributed by atoms with Crippen molar-refractivity contribution in [1.29, 1.82) is 0 Å². The molecule has 0 amide bonds. The Morgan fingerprint density at radius 2 is 2.12 bits per heavy atom. The Balaban J connectivity index is 2.11. The highest BCUT2D eigenvalue weighted by Gasteiger charge is 2.23. The molecular weight excluding hydrogens is 221 g/mol. The Labute approximate surface area is 101 Å². The fourth-order valence-electron chi connectivity index (χ4n) is 2.22. The third-order valence-corrected chi connectivity index (χ3v) is 3.24. The lowest BCUT2D eigenvalue weighted by Gasteiger charge is -2.29. The van der Waals surface area contributed by atoms with Crippen molar-refractivity contribution in [3.8, 4) is 5.75 Å². The first kappa shape index (κ1) is 12.2. The molecular formula is C13H18FNO2. The molecule has 1 aliphatic rings. The molecule has 3 nitrogen and oxygen atoms in total. The lowest BCUT2D eigenvalue weighted by atomic mass is 9.92. The molecule has 0 aliphatic heterocycles. The molecule has 1 aromatic rings. The maximum atomic E-state index is 13.6. The zero-order valence-corrected chi connectivity index (χ0v) is 9.95. The van der Waals surface area contributed by atoms with E-state index < -0.39 is 6.10 Å². The molecule has 1 aliphatic carbocycles. The second-order valence-corrected chi connectivity index (χ2v) is 4.45. The van der Waals surface area contributed by atoms with Crippen molar-refractivity contribution in [2.45, 2.75) is 37.8 Å². The van der Waals surface area contributed by atoms with Gasteiger partial charge in [-0.1, -0.05) is 12.8 Å². The quantitative estimate of drug-likeness (QED) is 0.851. The Morgan fingerprint density at radius 1 is 1.35 bits per heavy atom. The molecule has 0 spiro atoms. The summed E-state index contributed by atoms with van der Waals surface area (Å²) < 4.78 is 18.6. The Kier molecular flexibility index (Phi) is 3.84. The molecule has 2 rings (SSSR count). The van der Waals surface area contributed by atoms with Gasteiger partial charge in [-0.15, -0.1) is 0 Å². The van der Waals surface area contributed by atoms with Gasteiger partial charge in [0, 0.05) is 6.07 Å². The molecule has 1 aromatic carbocycles. The van der Waals surface area contributed by atoms with E-state index in [-0.39, 0.29) is 11.9 Å². The number of hydrogen-bond acceptors (Lipinski definition) is 3. The fraction of sp³-hybridized carbons (Fsp3) is 0.538. The summed E-state index contributed by atoms with van der Waals surface area (Å²) in [6.45, 7) is 0. The van der Waals surface area contributed by atoms with Crippen LogP contribution in [0.15, 0.2) is 18.2 Å². The van der Waals surface area contributed by atoms with Gasteiger partial charge in [-0.3, -0.25) is 0 Å². The van der Waals surface area contributed by atoms with Crippen molar-refractivity contribution in [3.63, 3.8) is 0 Å². The van der Waals surface area contributed by atoms with Gasteiger partial charge in [0.2, 0.25) is 0 Å². The number of rotatable bonds is 3. The molecule has 1 fully saturated rings. The van der Waals surface area contributed by atoms with Gasteiger partial charge in [-0.25, -0.2) is 4.39 Å². The number of nitrogens with one attached hydrogen (secondary N) is 1. The largest absolute Gasteiger partial charge is 0.497 e. The molecule has 2 N–H and O–H groups in total. The van der Waals surface area contributed by atoms with Crippen LogP contribution in [0, 0.1) is 5.82 Å². The standard InChI is InChI=1S/C13H18FNO2/c1-17-9-6-7-10(14)12(8-9)15-11-4-2-3-5-13(11)16/h6-8,11,13,15-16H,2-5H2,1H3/t11-,13-/m1/s1. The molecule has 1 saturated carbocycles. The minimum Gasteiger partial charge on any atom is -0.497 e. The van der Waals surface area contributed by atoms with Crippen LogP contribution < -0.4 is 10.1 Å². The van der Waals surface area contributed by atoms with Crippen molar-refractivity contribution in [2.24, 2.45) is 0 Å². The Bertz CT molecular complexity index is 384. The maximum Gasteiger partial charge on any atom is 0.146 e. The predicted molar refractivity (Wildman–Crippen MR) is 64.8 cm³/mol. The van der Waals surface area contributed by atoms with Crippen molar-refractivity contribution in [3.05, 3.63) is 24.0 Å². The van der Waals surface area contributed by atoms with Gasteiger partial charge in [0.1, 0.15) is 11.6 Å². The summed E-state index contributed by atoms with van der Waals surface area (Å²) in [4.78, 5) is 0. The van der Waals surface area contributed by atoms with Gasteiger partial charge >= 0.3 is 0 Å². The van der Waals surface area contributed by atoms with Crippen LogP contribution in [0.3, 0.4) is 0 Å². The Morgan fingerprint density at radius 3 is 2.82 bits per heavy atom. The lowest BCUT2D eigenvalue weighted by molar-refractivity contribution is 0.116. The zero-order chi connectivity index (χ0) is 12.3. The van der Waals surface area contributed by atoms with Crippen LogP contribution in [0.4, 0.5) is 10.1 Å². The van der Waals surface area contributed by atoms with E-state index in [0.717, 1.165) is 25.7 Å². The first-order valence-electron chi connectivity index (χ1n) is 5.99. The molecule has 0 radical (unpaired) electrons. The summed E-state index contributed by atoms with van der Waals surface area (Å²) in [5.41, 5.74) is 0.398. The topological polar surface area (TPSA) is 41.5 Å². The number of ether oxygens (including phenoxy) is 1. The lowest BCUT2D eigenvalue weighted by Crippen LogP contribution is -2.36. The average molecular weight is 239 g/mol. The summed E-state index contributed by atoms with van der Waals surface area (Å²) in [5, 5.41) is 12.9. The molecule has 0 saturated heterocycles. The number of methoxy groups -OCH3 is 1. The second kappa shape index (κ2) is 5.36. The summed E-state index contributed by atoms with van der Waals surface area (Å²) in [6.07, 6.45) is 3.37. The van der Waals surface area contributed by atoms with Gasteiger partial charge in [0.25, 0.3) is 0 Å². The normalized spacial score (nSPS) is 24.4. The number of aliphatic hydroxyl groups excluding tert-OH is 1. The van der Waals surface area contributed by atoms with Crippen LogP contribution in [-0.2, 0) is 0 Å². The van der Waals surface area contributed by atoms with E-state index in [1.165, 1.54) is 6.07 Å². The highest BCUT2D eigenvalue weighted by molar-refractivity contribution is 5.50. The van der Waals surface area contributed by atoms with Crippen molar-refractivity contribution >= 4 is 5.69 Å². The van der Waals surface area contributed by atoms with E-state index in [2.05, 4.69) is 5.32 Å². The minimum absolute atomic E-state index is 0.0645. The third-order valence-electron chi connectivity index (χ3n) is 3.24. The molecule has 94 valence electrons. The highest BCUT2D eigenvalue weighted by Crippen LogP contribution is 2.26. The van der Waals surface area contributed by atoms with Crippen molar-refractivity contribution in [2.75, 3.05) is 12.4 Å². The summed E-state index contributed by atoms with van der Waals surface area (Å²) in [7, 11) is 1.55. The monoisotopic (exact) mass is 239 g/mol. The van der Waals surface area contributed by atoms with E-state index in [9.17, 15) is 9.50 Å². The third kappa shape index (κ3) is 2.88. The SMILES string of the molecule is COc1ccc(F)c(N[C@@H]2CCCC[C@H]2O)c1. The molecule has 4 heteroatoms. The van der Waals surface area contributed by atoms with Gasteiger partial charge in [-0.05, 0) is 25.0 Å². The molecule has 0 aromatic heterocycles. The summed E-state index contributed by atoms with van der Waals surface area (Å²) >= 11 is 0. The molecule has 0 bridgehead atoms. The van der Waals surface area contributed by atoms with Crippen LogP contribution in [0.25, 0.3) is 0 Å². The average Bonchev–Trinajstić information content (AvgIpc) is 2.35.